The second kappa shape index (κ2) is 3.54. The number of nitrogens with one attached hydrogen (secondary N) is 1. The number of hydrogen-bond acceptors (Lipinski definition) is 5. The Hall–Kier alpha value is -1.46. The molecule has 5 heteroatoms. The molecule has 3 rings (SSSR count). The summed E-state index contributed by atoms with van der Waals surface area (Å²) >= 11 is 0. The van der Waals surface area contributed by atoms with Gasteiger partial charge in [0, 0.05) is 18.7 Å². The molecule has 2 N–H and O–H groups in total. The van der Waals surface area contributed by atoms with Crippen molar-refractivity contribution < 1.29 is 19.3 Å². The number of benzene rings is 1. The Morgan fingerprint density at radius 1 is 1.44 bits per heavy atom. The van der Waals surface area contributed by atoms with Gasteiger partial charge in [-0.2, -0.15) is 0 Å². The van der Waals surface area contributed by atoms with E-state index >= 15 is 0 Å². The number of ether oxygens (including phenoxy) is 3. The topological polar surface area (TPSA) is 60.0 Å². The summed E-state index contributed by atoms with van der Waals surface area (Å²) in [6.07, 6.45) is -0.521. The first kappa shape index (κ1) is 9.74. The average molecular weight is 223 g/mol. The van der Waals surface area contributed by atoms with E-state index in [2.05, 4.69) is 5.32 Å². The van der Waals surface area contributed by atoms with E-state index in [-0.39, 0.29) is 6.79 Å². The van der Waals surface area contributed by atoms with Crippen molar-refractivity contribution in [1.82, 2.24) is 5.32 Å². The highest BCUT2D eigenvalue weighted by Crippen LogP contribution is 2.47. The zero-order chi connectivity index (χ0) is 11.1. The molecule has 1 aromatic carbocycles. The molecular weight excluding hydrogens is 210 g/mol. The van der Waals surface area contributed by atoms with Crippen molar-refractivity contribution in [2.45, 2.75) is 12.6 Å². The van der Waals surface area contributed by atoms with Crippen molar-refractivity contribution in [3.05, 3.63) is 17.2 Å². The van der Waals surface area contributed by atoms with E-state index in [4.69, 9.17) is 14.2 Å². The van der Waals surface area contributed by atoms with E-state index in [1.165, 1.54) is 0 Å². The van der Waals surface area contributed by atoms with Gasteiger partial charge in [0.15, 0.2) is 11.5 Å². The molecule has 2 heterocycles. The van der Waals surface area contributed by atoms with Crippen LogP contribution in [0.15, 0.2) is 6.07 Å². The standard InChI is InChI=1S/C11H13NO4/c1-14-9-2-6-7(3-12-4-8(6)13)10-11(9)16-5-15-10/h2,8,12-13H,3-5H2,1H3/t8-/m1/s1. The van der Waals surface area contributed by atoms with Gasteiger partial charge >= 0.3 is 0 Å². The summed E-state index contributed by atoms with van der Waals surface area (Å²) in [5.41, 5.74) is 1.83. The van der Waals surface area contributed by atoms with E-state index in [0.717, 1.165) is 11.1 Å². The van der Waals surface area contributed by atoms with Gasteiger partial charge in [0.05, 0.1) is 13.2 Å². The quantitative estimate of drug-likeness (QED) is 0.728. The van der Waals surface area contributed by atoms with Crippen LogP contribution in [0.25, 0.3) is 0 Å². The lowest BCUT2D eigenvalue weighted by molar-refractivity contribution is 0.160. The molecule has 1 atom stereocenters. The second-order valence-corrected chi connectivity index (χ2v) is 3.86. The minimum Gasteiger partial charge on any atom is -0.493 e. The molecule has 16 heavy (non-hydrogen) atoms. The molecule has 0 bridgehead atoms. The van der Waals surface area contributed by atoms with Crippen LogP contribution in [-0.2, 0) is 6.54 Å². The highest BCUT2D eigenvalue weighted by molar-refractivity contribution is 5.61. The maximum absolute atomic E-state index is 9.90. The lowest BCUT2D eigenvalue weighted by Crippen LogP contribution is -2.28. The molecule has 2 aliphatic heterocycles. The Balaban J connectivity index is 2.21. The van der Waals surface area contributed by atoms with Crippen LogP contribution in [0.2, 0.25) is 0 Å². The minimum absolute atomic E-state index is 0.207. The van der Waals surface area contributed by atoms with E-state index in [1.54, 1.807) is 7.11 Å². The third-order valence-corrected chi connectivity index (χ3v) is 2.96. The Labute approximate surface area is 92.9 Å². The number of fused-ring (bicyclic) bond motifs is 3. The van der Waals surface area contributed by atoms with Crippen LogP contribution in [0.5, 0.6) is 17.2 Å². The highest BCUT2D eigenvalue weighted by Gasteiger charge is 2.30. The van der Waals surface area contributed by atoms with Gasteiger partial charge in [0.25, 0.3) is 0 Å². The van der Waals surface area contributed by atoms with Gasteiger partial charge in [-0.3, -0.25) is 0 Å². The van der Waals surface area contributed by atoms with Crippen LogP contribution < -0.4 is 19.5 Å². The normalized spacial score (nSPS) is 21.8. The first-order chi connectivity index (χ1) is 7.81. The van der Waals surface area contributed by atoms with Gasteiger partial charge in [-0.1, -0.05) is 0 Å². The molecule has 0 fully saturated rings. The summed E-state index contributed by atoms with van der Waals surface area (Å²) < 4.78 is 16.0. The predicted octanol–water partition coefficient (Wildman–Crippen LogP) is 0.560. The van der Waals surface area contributed by atoms with Crippen molar-refractivity contribution in [3.8, 4) is 17.2 Å². The molecule has 0 unspecified atom stereocenters. The molecule has 0 saturated heterocycles. The predicted molar refractivity (Wildman–Crippen MR) is 55.8 cm³/mol. The van der Waals surface area contributed by atoms with Gasteiger partial charge in [0.1, 0.15) is 0 Å². The van der Waals surface area contributed by atoms with E-state index < -0.39 is 6.10 Å². The van der Waals surface area contributed by atoms with Gasteiger partial charge in [-0.25, -0.2) is 0 Å². The van der Waals surface area contributed by atoms with Gasteiger partial charge in [-0.05, 0) is 11.6 Å². The number of rotatable bonds is 1. The van der Waals surface area contributed by atoms with Crippen molar-refractivity contribution in [3.63, 3.8) is 0 Å². The van der Waals surface area contributed by atoms with Crippen LogP contribution in [-0.4, -0.2) is 25.6 Å². The third-order valence-electron chi connectivity index (χ3n) is 2.96. The van der Waals surface area contributed by atoms with Crippen LogP contribution in [0, 0.1) is 0 Å². The van der Waals surface area contributed by atoms with Crippen LogP contribution >= 0.6 is 0 Å². The molecule has 0 radical (unpaired) electrons. The molecular formula is C11H13NO4. The highest BCUT2D eigenvalue weighted by atomic mass is 16.7. The average Bonchev–Trinajstić information content (AvgIpc) is 2.78. The van der Waals surface area contributed by atoms with Crippen molar-refractivity contribution in [2.75, 3.05) is 20.4 Å². The van der Waals surface area contributed by atoms with Crippen molar-refractivity contribution >= 4 is 0 Å². The maximum atomic E-state index is 9.90. The van der Waals surface area contributed by atoms with Gasteiger partial charge in [0.2, 0.25) is 12.5 Å². The lowest BCUT2D eigenvalue weighted by atomic mass is 9.97. The lowest BCUT2D eigenvalue weighted by Gasteiger charge is -2.24. The maximum Gasteiger partial charge on any atom is 0.231 e. The summed E-state index contributed by atoms with van der Waals surface area (Å²) in [4.78, 5) is 0. The number of β-amino-alcohol motifs (C(OH)–C–C–N with tert-alkyl or cyclic N) is 1. The smallest absolute Gasteiger partial charge is 0.231 e. The number of aliphatic hydroxyl groups excluding tert-OH is 1. The zero-order valence-electron chi connectivity index (χ0n) is 8.95. The summed E-state index contributed by atoms with van der Waals surface area (Å²) in [6.45, 7) is 1.44. The van der Waals surface area contributed by atoms with E-state index in [9.17, 15) is 5.11 Å². The van der Waals surface area contributed by atoms with Gasteiger partial charge in [-0.15, -0.1) is 0 Å². The van der Waals surface area contributed by atoms with Crippen LogP contribution in [0.1, 0.15) is 17.2 Å². The summed E-state index contributed by atoms with van der Waals surface area (Å²) in [5, 5.41) is 13.0. The largest absolute Gasteiger partial charge is 0.493 e. The Kier molecular flexibility index (Phi) is 2.15. The molecule has 5 nitrogen and oxygen atoms in total. The molecule has 0 amide bonds. The van der Waals surface area contributed by atoms with E-state index in [1.807, 2.05) is 6.07 Å². The van der Waals surface area contributed by atoms with Crippen molar-refractivity contribution in [1.29, 1.82) is 0 Å². The van der Waals surface area contributed by atoms with Crippen molar-refractivity contribution in [2.24, 2.45) is 0 Å². The first-order valence-electron chi connectivity index (χ1n) is 5.19. The second-order valence-electron chi connectivity index (χ2n) is 3.86. The Bertz CT molecular complexity index is 432. The summed E-state index contributed by atoms with van der Waals surface area (Å²) in [6, 6.07) is 1.83. The fourth-order valence-corrected chi connectivity index (χ4v) is 2.19. The Morgan fingerprint density at radius 3 is 3.06 bits per heavy atom. The molecule has 2 aliphatic rings. The minimum atomic E-state index is -0.521. The van der Waals surface area contributed by atoms with Crippen LogP contribution in [0.3, 0.4) is 0 Å². The number of hydrogen-bond donors (Lipinski definition) is 2. The molecule has 86 valence electrons. The molecule has 0 spiro atoms. The third kappa shape index (κ3) is 1.25. The fraction of sp³-hybridized carbons (Fsp3) is 0.455. The molecule has 1 aromatic rings. The fourth-order valence-electron chi connectivity index (χ4n) is 2.19. The number of aliphatic hydroxyl groups is 1. The molecule has 0 aromatic heterocycles. The number of methoxy groups -OCH3 is 1. The SMILES string of the molecule is COc1cc2c(c3c1OCO3)CNC[C@H]2O. The van der Waals surface area contributed by atoms with Gasteiger partial charge < -0.3 is 24.6 Å². The first-order valence-corrected chi connectivity index (χ1v) is 5.19. The summed E-state index contributed by atoms with van der Waals surface area (Å²) in [5.74, 6) is 1.95. The Morgan fingerprint density at radius 2 is 2.25 bits per heavy atom. The monoisotopic (exact) mass is 223 g/mol. The van der Waals surface area contributed by atoms with Crippen LogP contribution in [0.4, 0.5) is 0 Å². The van der Waals surface area contributed by atoms with E-state index in [0.29, 0.717) is 30.3 Å². The molecule has 0 aliphatic carbocycles. The summed E-state index contributed by atoms with van der Waals surface area (Å²) in [7, 11) is 1.58. The molecule has 0 saturated carbocycles. The zero-order valence-corrected chi connectivity index (χ0v) is 8.95.